The van der Waals surface area contributed by atoms with Crippen LogP contribution < -0.4 is 0 Å². The zero-order valence-corrected chi connectivity index (χ0v) is 8.94. The van der Waals surface area contributed by atoms with Crippen molar-refractivity contribution in [3.05, 3.63) is 0 Å². The van der Waals surface area contributed by atoms with Crippen molar-refractivity contribution in [3.63, 3.8) is 0 Å². The van der Waals surface area contributed by atoms with Gasteiger partial charge in [0, 0.05) is 6.42 Å². The van der Waals surface area contributed by atoms with Gasteiger partial charge in [-0.05, 0) is 43.9 Å². The van der Waals surface area contributed by atoms with E-state index in [4.69, 9.17) is 5.11 Å². The first kappa shape index (κ1) is 11.7. The van der Waals surface area contributed by atoms with Gasteiger partial charge in [0.05, 0.1) is 5.41 Å². The minimum atomic E-state index is -4.12. The van der Waals surface area contributed by atoms with Crippen LogP contribution in [0.25, 0.3) is 0 Å². The van der Waals surface area contributed by atoms with E-state index in [1.165, 1.54) is 0 Å². The molecule has 3 rings (SSSR count). The smallest absolute Gasteiger partial charge is 0.389 e. The summed E-state index contributed by atoms with van der Waals surface area (Å²) in [5.41, 5.74) is -1.37. The predicted octanol–water partition coefficient (Wildman–Crippen LogP) is 3.36. The number of carboxylic acids is 1. The molecule has 0 aromatic carbocycles. The van der Waals surface area contributed by atoms with E-state index in [9.17, 15) is 18.0 Å². The van der Waals surface area contributed by atoms with Crippen molar-refractivity contribution in [1.29, 1.82) is 0 Å². The second kappa shape index (κ2) is 3.37. The standard InChI is InChI=1S/C11H15F3O2/c12-11(13,14)7-9-1-4-10(5-2-9,6-3-9)8(15)16/h1-7H2,(H,15,16). The van der Waals surface area contributed by atoms with Gasteiger partial charge < -0.3 is 5.11 Å². The normalized spacial score (nSPS) is 38.7. The SMILES string of the molecule is O=C(O)C12CCC(CC(F)(F)F)(CC1)CC2. The fourth-order valence-electron chi connectivity index (χ4n) is 3.27. The molecule has 5 heteroatoms. The Morgan fingerprint density at radius 2 is 1.50 bits per heavy atom. The van der Waals surface area contributed by atoms with E-state index in [2.05, 4.69) is 0 Å². The molecule has 0 heterocycles. The second-order valence-corrected chi connectivity index (χ2v) is 5.38. The Morgan fingerprint density at radius 1 is 1.06 bits per heavy atom. The maximum atomic E-state index is 12.4. The third-order valence-corrected chi connectivity index (χ3v) is 4.43. The molecule has 2 nitrogen and oxygen atoms in total. The van der Waals surface area contributed by atoms with Gasteiger partial charge in [0.2, 0.25) is 0 Å². The molecule has 0 amide bonds. The summed E-state index contributed by atoms with van der Waals surface area (Å²) in [6, 6.07) is 0. The van der Waals surface area contributed by atoms with Crippen LogP contribution in [0, 0.1) is 10.8 Å². The van der Waals surface area contributed by atoms with Crippen molar-refractivity contribution in [1.82, 2.24) is 0 Å². The fourth-order valence-corrected chi connectivity index (χ4v) is 3.27. The maximum Gasteiger partial charge on any atom is 0.389 e. The lowest BCUT2D eigenvalue weighted by atomic mass is 9.53. The molecule has 3 aliphatic rings. The van der Waals surface area contributed by atoms with Crippen molar-refractivity contribution >= 4 is 5.97 Å². The van der Waals surface area contributed by atoms with E-state index in [-0.39, 0.29) is 0 Å². The number of aliphatic carboxylic acids is 1. The van der Waals surface area contributed by atoms with Gasteiger partial charge >= 0.3 is 12.1 Å². The lowest BCUT2D eigenvalue weighted by molar-refractivity contribution is -0.184. The van der Waals surface area contributed by atoms with Crippen LogP contribution >= 0.6 is 0 Å². The van der Waals surface area contributed by atoms with Crippen molar-refractivity contribution in [3.8, 4) is 0 Å². The fraction of sp³-hybridized carbons (Fsp3) is 0.909. The van der Waals surface area contributed by atoms with Crippen LogP contribution in [0.5, 0.6) is 0 Å². The lowest BCUT2D eigenvalue weighted by Crippen LogP contribution is -2.47. The largest absolute Gasteiger partial charge is 0.481 e. The highest BCUT2D eigenvalue weighted by Gasteiger charge is 2.55. The molecule has 16 heavy (non-hydrogen) atoms. The molecule has 3 saturated carbocycles. The minimum Gasteiger partial charge on any atom is -0.481 e. The monoisotopic (exact) mass is 236 g/mol. The van der Waals surface area contributed by atoms with Crippen molar-refractivity contribution in [2.75, 3.05) is 0 Å². The van der Waals surface area contributed by atoms with Gasteiger partial charge in [-0.15, -0.1) is 0 Å². The summed E-state index contributed by atoms with van der Waals surface area (Å²) in [7, 11) is 0. The summed E-state index contributed by atoms with van der Waals surface area (Å²) in [4.78, 5) is 11.1. The van der Waals surface area contributed by atoms with Crippen LogP contribution in [-0.4, -0.2) is 17.3 Å². The average Bonchev–Trinajstić information content (AvgIpc) is 2.16. The minimum absolute atomic E-state index is 0.415. The maximum absolute atomic E-state index is 12.4. The number of alkyl halides is 3. The first-order valence-corrected chi connectivity index (χ1v) is 5.57. The van der Waals surface area contributed by atoms with Crippen LogP contribution in [0.4, 0.5) is 13.2 Å². The van der Waals surface area contributed by atoms with Gasteiger partial charge in [0.15, 0.2) is 0 Å². The van der Waals surface area contributed by atoms with Crippen LogP contribution in [0.2, 0.25) is 0 Å². The van der Waals surface area contributed by atoms with E-state index < -0.39 is 29.4 Å². The van der Waals surface area contributed by atoms with Crippen molar-refractivity contribution < 1.29 is 23.1 Å². The zero-order chi connectivity index (χ0) is 12.0. The number of halogens is 3. The molecule has 3 aliphatic carbocycles. The number of hydrogen-bond donors (Lipinski definition) is 1. The van der Waals surface area contributed by atoms with Crippen LogP contribution in [0.3, 0.4) is 0 Å². The van der Waals surface area contributed by atoms with Crippen LogP contribution in [-0.2, 0) is 4.79 Å². The number of carboxylic acid groups (broad SMARTS) is 1. The Bertz CT molecular complexity index is 284. The lowest BCUT2D eigenvalue weighted by Gasteiger charge is -2.51. The summed E-state index contributed by atoms with van der Waals surface area (Å²) in [6.07, 6.45) is -2.37. The molecule has 0 saturated heterocycles. The van der Waals surface area contributed by atoms with Gasteiger partial charge in [-0.2, -0.15) is 13.2 Å². The van der Waals surface area contributed by atoms with E-state index in [1.54, 1.807) is 0 Å². The summed E-state index contributed by atoms with van der Waals surface area (Å²) < 4.78 is 37.3. The van der Waals surface area contributed by atoms with Gasteiger partial charge in [-0.1, -0.05) is 0 Å². The molecule has 0 spiro atoms. The van der Waals surface area contributed by atoms with E-state index in [0.717, 1.165) is 0 Å². The Labute approximate surface area is 91.8 Å². The van der Waals surface area contributed by atoms with E-state index in [1.807, 2.05) is 0 Å². The summed E-state index contributed by atoms with van der Waals surface area (Å²) in [6.45, 7) is 0. The molecule has 1 N–H and O–H groups in total. The van der Waals surface area contributed by atoms with E-state index >= 15 is 0 Å². The highest BCUT2D eigenvalue weighted by Crippen LogP contribution is 2.60. The molecule has 0 radical (unpaired) electrons. The first-order valence-electron chi connectivity index (χ1n) is 5.57. The van der Waals surface area contributed by atoms with Crippen LogP contribution in [0.15, 0.2) is 0 Å². The van der Waals surface area contributed by atoms with E-state index in [0.29, 0.717) is 38.5 Å². The molecule has 3 fully saturated rings. The molecule has 92 valence electrons. The Hall–Kier alpha value is -0.740. The highest BCUT2D eigenvalue weighted by atomic mass is 19.4. The Kier molecular flexibility index (Phi) is 2.48. The zero-order valence-electron chi connectivity index (χ0n) is 8.94. The third kappa shape index (κ3) is 1.92. The number of carbonyl (C=O) groups is 1. The highest BCUT2D eigenvalue weighted by molar-refractivity contribution is 5.75. The molecular formula is C11H15F3O2. The Morgan fingerprint density at radius 3 is 1.81 bits per heavy atom. The van der Waals surface area contributed by atoms with Gasteiger partial charge in [0.1, 0.15) is 0 Å². The van der Waals surface area contributed by atoms with Crippen molar-refractivity contribution in [2.24, 2.45) is 10.8 Å². The average molecular weight is 236 g/mol. The van der Waals surface area contributed by atoms with Crippen LogP contribution in [0.1, 0.15) is 44.9 Å². The predicted molar refractivity (Wildman–Crippen MR) is 50.9 cm³/mol. The molecule has 2 bridgehead atoms. The first-order chi connectivity index (χ1) is 7.27. The summed E-state index contributed by atoms with van der Waals surface area (Å²) in [5, 5.41) is 9.11. The molecule has 0 aliphatic heterocycles. The molecule has 0 aromatic heterocycles. The number of rotatable bonds is 2. The number of fused-ring (bicyclic) bond motifs is 3. The summed E-state index contributed by atoms with van der Waals surface area (Å²) >= 11 is 0. The molecular weight excluding hydrogens is 221 g/mol. The van der Waals surface area contributed by atoms with Crippen molar-refractivity contribution in [2.45, 2.75) is 51.1 Å². The quantitative estimate of drug-likeness (QED) is 0.798. The molecule has 0 unspecified atom stereocenters. The number of hydrogen-bond acceptors (Lipinski definition) is 1. The Balaban J connectivity index is 2.09. The molecule has 0 atom stereocenters. The topological polar surface area (TPSA) is 37.3 Å². The summed E-state index contributed by atoms with van der Waals surface area (Å²) in [5.74, 6) is -0.826. The van der Waals surface area contributed by atoms with Gasteiger partial charge in [0.25, 0.3) is 0 Å². The molecule has 0 aromatic rings. The van der Waals surface area contributed by atoms with Gasteiger partial charge in [-0.25, -0.2) is 0 Å². The third-order valence-electron chi connectivity index (χ3n) is 4.43. The van der Waals surface area contributed by atoms with Gasteiger partial charge in [-0.3, -0.25) is 4.79 Å². The second-order valence-electron chi connectivity index (χ2n) is 5.38.